The number of amides is 2. The van der Waals surface area contributed by atoms with Crippen LogP contribution in [0.3, 0.4) is 0 Å². The predicted molar refractivity (Wildman–Crippen MR) is 90.1 cm³/mol. The minimum absolute atomic E-state index is 0.0535. The van der Waals surface area contributed by atoms with E-state index in [4.69, 9.17) is 5.11 Å². The maximum absolute atomic E-state index is 12.1. The van der Waals surface area contributed by atoms with Crippen molar-refractivity contribution in [1.29, 1.82) is 0 Å². The number of anilines is 1. The van der Waals surface area contributed by atoms with Crippen molar-refractivity contribution >= 4 is 17.8 Å². The van der Waals surface area contributed by atoms with Gasteiger partial charge in [0.2, 0.25) is 0 Å². The minimum atomic E-state index is -0.812. The fraction of sp³-hybridized carbons (Fsp3) is 0.588. The van der Waals surface area contributed by atoms with Gasteiger partial charge in [-0.1, -0.05) is 6.92 Å². The lowest BCUT2D eigenvalue weighted by atomic mass is 9.85. The van der Waals surface area contributed by atoms with Gasteiger partial charge >= 0.3 is 12.0 Å². The summed E-state index contributed by atoms with van der Waals surface area (Å²) < 4.78 is 0. The number of carbonyl (C=O) groups is 2. The number of aliphatic carboxylic acids is 1. The molecule has 0 saturated heterocycles. The smallest absolute Gasteiger partial charge is 0.320 e. The zero-order valence-corrected chi connectivity index (χ0v) is 13.9. The van der Waals surface area contributed by atoms with Crippen LogP contribution in [0, 0.1) is 0 Å². The first-order valence-electron chi connectivity index (χ1n) is 8.54. The van der Waals surface area contributed by atoms with E-state index in [0.717, 1.165) is 12.8 Å². The highest BCUT2D eigenvalue weighted by Gasteiger charge is 2.34. The Balaban J connectivity index is 1.43. The first kappa shape index (κ1) is 16.7. The Morgan fingerprint density at radius 1 is 1.38 bits per heavy atom. The van der Waals surface area contributed by atoms with Crippen molar-refractivity contribution in [1.82, 2.24) is 15.2 Å². The molecule has 0 unspecified atom stereocenters. The molecule has 2 aliphatic carbocycles. The van der Waals surface area contributed by atoms with Gasteiger partial charge in [-0.25, -0.2) is 9.78 Å². The second-order valence-electron chi connectivity index (χ2n) is 6.63. The lowest BCUT2D eigenvalue weighted by molar-refractivity contribution is -0.139. The maximum Gasteiger partial charge on any atom is 0.320 e. The van der Waals surface area contributed by atoms with Crippen LogP contribution in [0.4, 0.5) is 10.6 Å². The summed E-state index contributed by atoms with van der Waals surface area (Å²) in [6.07, 6.45) is 5.72. The second kappa shape index (κ2) is 7.17. The number of rotatable bonds is 7. The molecule has 2 fully saturated rings. The molecule has 0 atom stereocenters. The molecule has 0 aromatic carbocycles. The number of likely N-dealkylation sites (N-methyl/N-ethyl adjacent to an activating group) is 1. The molecule has 0 bridgehead atoms. The van der Waals surface area contributed by atoms with Crippen molar-refractivity contribution in [3.05, 3.63) is 23.9 Å². The minimum Gasteiger partial charge on any atom is -0.480 e. The van der Waals surface area contributed by atoms with E-state index < -0.39 is 5.97 Å². The molecule has 3 N–H and O–H groups in total. The fourth-order valence-corrected chi connectivity index (χ4v) is 3.20. The van der Waals surface area contributed by atoms with E-state index in [2.05, 4.69) is 15.6 Å². The lowest BCUT2D eigenvalue weighted by Crippen LogP contribution is -2.55. The van der Waals surface area contributed by atoms with E-state index in [1.165, 1.54) is 18.4 Å². The monoisotopic (exact) mass is 332 g/mol. The number of hydrogen-bond acceptors (Lipinski definition) is 4. The fourth-order valence-electron chi connectivity index (χ4n) is 3.20. The van der Waals surface area contributed by atoms with Crippen molar-refractivity contribution in [2.24, 2.45) is 0 Å². The van der Waals surface area contributed by atoms with E-state index >= 15 is 0 Å². The quantitative estimate of drug-likeness (QED) is 0.710. The summed E-state index contributed by atoms with van der Waals surface area (Å²) in [4.78, 5) is 29.0. The summed E-state index contributed by atoms with van der Waals surface area (Å²) in [5, 5.41) is 14.6. The van der Waals surface area contributed by atoms with Crippen LogP contribution in [0.15, 0.2) is 18.3 Å². The average molecular weight is 332 g/mol. The number of pyridine rings is 1. The Morgan fingerprint density at radius 3 is 2.75 bits per heavy atom. The van der Waals surface area contributed by atoms with E-state index in [0.29, 0.717) is 18.3 Å². The summed E-state index contributed by atoms with van der Waals surface area (Å²) in [6, 6.07) is 4.00. The highest BCUT2D eigenvalue weighted by Crippen LogP contribution is 2.40. The molecule has 1 aromatic rings. The third kappa shape index (κ3) is 4.23. The number of nitrogens with zero attached hydrogens (tertiary/aromatic N) is 2. The van der Waals surface area contributed by atoms with Gasteiger partial charge in [0.25, 0.3) is 0 Å². The van der Waals surface area contributed by atoms with Crippen LogP contribution >= 0.6 is 0 Å². The number of aromatic nitrogens is 1. The molecular formula is C17H24N4O3. The largest absolute Gasteiger partial charge is 0.480 e. The predicted octanol–water partition coefficient (Wildman–Crippen LogP) is 2.02. The zero-order valence-electron chi connectivity index (χ0n) is 13.9. The summed E-state index contributed by atoms with van der Waals surface area (Å²) in [6.45, 7) is 2.71. The third-order valence-corrected chi connectivity index (χ3v) is 4.78. The molecule has 2 saturated carbocycles. The average Bonchev–Trinajstić information content (AvgIpc) is 3.33. The van der Waals surface area contributed by atoms with Gasteiger partial charge in [0.1, 0.15) is 5.82 Å². The van der Waals surface area contributed by atoms with Gasteiger partial charge in [-0.05, 0) is 55.8 Å². The molecule has 24 heavy (non-hydrogen) atoms. The standard InChI is InChI=1S/C17H24N4O3/c1-2-21(10-16(22)23)14-8-13(9-14)19-17(24)20-15-7-12(5-6-18-15)11-3-4-11/h5-7,11,13-14H,2-4,8-10H2,1H3,(H,22,23)(H2,18,19,20,24). The van der Waals surface area contributed by atoms with Crippen LogP contribution in [-0.4, -0.2) is 52.2 Å². The Bertz CT molecular complexity index is 612. The maximum atomic E-state index is 12.1. The summed E-state index contributed by atoms with van der Waals surface area (Å²) >= 11 is 0. The van der Waals surface area contributed by atoms with Crippen molar-refractivity contribution in [2.75, 3.05) is 18.4 Å². The van der Waals surface area contributed by atoms with Gasteiger partial charge in [0.15, 0.2) is 0 Å². The van der Waals surface area contributed by atoms with E-state index in [-0.39, 0.29) is 24.7 Å². The van der Waals surface area contributed by atoms with Gasteiger partial charge in [-0.3, -0.25) is 15.0 Å². The molecule has 130 valence electrons. The van der Waals surface area contributed by atoms with Crippen LogP contribution in [0.25, 0.3) is 0 Å². The normalized spacial score (nSPS) is 22.8. The van der Waals surface area contributed by atoms with Crippen LogP contribution < -0.4 is 10.6 Å². The number of carboxylic acids is 1. The van der Waals surface area contributed by atoms with Gasteiger partial charge in [-0.15, -0.1) is 0 Å². The van der Waals surface area contributed by atoms with Crippen LogP contribution in [0.5, 0.6) is 0 Å². The molecule has 0 radical (unpaired) electrons. The Hall–Kier alpha value is -2.15. The number of carbonyl (C=O) groups excluding carboxylic acids is 1. The van der Waals surface area contributed by atoms with Gasteiger partial charge in [0, 0.05) is 18.3 Å². The topological polar surface area (TPSA) is 94.6 Å². The van der Waals surface area contributed by atoms with Crippen molar-refractivity contribution < 1.29 is 14.7 Å². The summed E-state index contributed by atoms with van der Waals surface area (Å²) in [7, 11) is 0. The highest BCUT2D eigenvalue weighted by molar-refractivity contribution is 5.88. The first-order valence-corrected chi connectivity index (χ1v) is 8.54. The summed E-state index contributed by atoms with van der Waals surface area (Å²) in [5.41, 5.74) is 1.23. The van der Waals surface area contributed by atoms with Crippen molar-refractivity contribution in [3.8, 4) is 0 Å². The summed E-state index contributed by atoms with van der Waals surface area (Å²) in [5.74, 6) is 0.389. The Labute approximate surface area is 141 Å². The third-order valence-electron chi connectivity index (χ3n) is 4.78. The van der Waals surface area contributed by atoms with Crippen molar-refractivity contribution in [2.45, 2.75) is 50.6 Å². The van der Waals surface area contributed by atoms with E-state index in [1.54, 1.807) is 6.20 Å². The van der Waals surface area contributed by atoms with E-state index in [1.807, 2.05) is 24.0 Å². The second-order valence-corrected chi connectivity index (χ2v) is 6.63. The Morgan fingerprint density at radius 2 is 2.12 bits per heavy atom. The molecule has 0 aliphatic heterocycles. The zero-order chi connectivity index (χ0) is 17.1. The van der Waals surface area contributed by atoms with Crippen LogP contribution in [-0.2, 0) is 4.79 Å². The molecule has 7 nitrogen and oxygen atoms in total. The molecule has 2 amide bonds. The first-order chi connectivity index (χ1) is 11.5. The molecule has 3 rings (SSSR count). The molecule has 2 aliphatic rings. The number of nitrogens with one attached hydrogen (secondary N) is 2. The van der Waals surface area contributed by atoms with Crippen LogP contribution in [0.2, 0.25) is 0 Å². The number of carboxylic acid groups (broad SMARTS) is 1. The number of urea groups is 1. The van der Waals surface area contributed by atoms with Gasteiger partial charge in [-0.2, -0.15) is 0 Å². The molecule has 1 aromatic heterocycles. The van der Waals surface area contributed by atoms with Gasteiger partial charge < -0.3 is 10.4 Å². The molecular weight excluding hydrogens is 308 g/mol. The Kier molecular flexibility index (Phi) is 4.99. The molecule has 0 spiro atoms. The molecule has 7 heteroatoms. The van der Waals surface area contributed by atoms with E-state index in [9.17, 15) is 9.59 Å². The number of hydrogen-bond donors (Lipinski definition) is 3. The highest BCUT2D eigenvalue weighted by atomic mass is 16.4. The van der Waals surface area contributed by atoms with Crippen molar-refractivity contribution in [3.63, 3.8) is 0 Å². The SMILES string of the molecule is CCN(CC(=O)O)C1CC(NC(=O)Nc2cc(C3CC3)ccn2)C1. The molecule has 1 heterocycles. The van der Waals surface area contributed by atoms with Gasteiger partial charge in [0.05, 0.1) is 6.54 Å². The van der Waals surface area contributed by atoms with Crippen LogP contribution in [0.1, 0.15) is 44.1 Å². The lowest BCUT2D eigenvalue weighted by Gasteiger charge is -2.42.